The highest BCUT2D eigenvalue weighted by Crippen LogP contribution is 2.30. The quantitative estimate of drug-likeness (QED) is 0.685. The number of amides is 1. The molecule has 0 bridgehead atoms. The van der Waals surface area contributed by atoms with Crippen molar-refractivity contribution in [3.05, 3.63) is 64.4 Å². The number of benzene rings is 1. The predicted molar refractivity (Wildman–Crippen MR) is 118 cm³/mol. The van der Waals surface area contributed by atoms with Crippen molar-refractivity contribution >= 4 is 29.7 Å². The molecule has 1 unspecified atom stereocenters. The number of carbonyl (C=O) groups is 1. The standard InChI is InChI=1S/C21H23N5OS.ClH/c1-3-15-5-7-16(8-6-15)17-13-22-11-12-26(17)21(27)18-14(2)25-20(28-18)19-23-9-4-10-24-19;/h4-10,17,22H,3,11-13H2,1-2H3;1H. The van der Waals surface area contributed by atoms with E-state index in [9.17, 15) is 4.79 Å². The molecule has 1 aliphatic rings. The summed E-state index contributed by atoms with van der Waals surface area (Å²) in [4.78, 5) is 29.1. The molecular weight excluding hydrogens is 406 g/mol. The van der Waals surface area contributed by atoms with Gasteiger partial charge in [0.1, 0.15) is 4.88 Å². The Morgan fingerprint density at radius 3 is 2.66 bits per heavy atom. The summed E-state index contributed by atoms with van der Waals surface area (Å²) in [6, 6.07) is 10.4. The molecule has 1 aliphatic heterocycles. The van der Waals surface area contributed by atoms with E-state index in [4.69, 9.17) is 0 Å². The van der Waals surface area contributed by atoms with Crippen molar-refractivity contribution < 1.29 is 4.79 Å². The Morgan fingerprint density at radius 1 is 1.24 bits per heavy atom. The first-order valence-electron chi connectivity index (χ1n) is 9.52. The Bertz CT molecular complexity index is 961. The van der Waals surface area contributed by atoms with Crippen molar-refractivity contribution in [1.29, 1.82) is 0 Å². The minimum Gasteiger partial charge on any atom is -0.328 e. The number of aromatic nitrogens is 3. The molecule has 3 aromatic rings. The minimum absolute atomic E-state index is 0. The molecule has 1 saturated heterocycles. The fourth-order valence-electron chi connectivity index (χ4n) is 3.45. The molecule has 1 N–H and O–H groups in total. The summed E-state index contributed by atoms with van der Waals surface area (Å²) < 4.78 is 0. The molecule has 0 saturated carbocycles. The number of carbonyl (C=O) groups excluding carboxylic acids is 1. The van der Waals surface area contributed by atoms with Crippen LogP contribution in [0.1, 0.15) is 39.5 Å². The van der Waals surface area contributed by atoms with Crippen molar-refractivity contribution in [1.82, 2.24) is 25.2 Å². The lowest BCUT2D eigenvalue weighted by molar-refractivity contribution is 0.0638. The Morgan fingerprint density at radius 2 is 1.97 bits per heavy atom. The highest BCUT2D eigenvalue weighted by molar-refractivity contribution is 7.17. The van der Waals surface area contributed by atoms with Crippen molar-refractivity contribution in [2.45, 2.75) is 26.3 Å². The second-order valence-electron chi connectivity index (χ2n) is 6.82. The monoisotopic (exact) mass is 429 g/mol. The third-order valence-corrected chi connectivity index (χ3v) is 6.17. The molecule has 1 fully saturated rings. The maximum Gasteiger partial charge on any atom is 0.266 e. The van der Waals surface area contributed by atoms with Gasteiger partial charge in [-0.25, -0.2) is 15.0 Å². The topological polar surface area (TPSA) is 71.0 Å². The van der Waals surface area contributed by atoms with Crippen LogP contribution in [-0.4, -0.2) is 45.4 Å². The zero-order valence-electron chi connectivity index (χ0n) is 16.5. The lowest BCUT2D eigenvalue weighted by Crippen LogP contribution is -2.48. The van der Waals surface area contributed by atoms with Gasteiger partial charge in [-0.1, -0.05) is 31.2 Å². The molecule has 1 amide bonds. The number of nitrogens with one attached hydrogen (secondary N) is 1. The van der Waals surface area contributed by atoms with Gasteiger partial charge in [0.05, 0.1) is 11.7 Å². The summed E-state index contributed by atoms with van der Waals surface area (Å²) in [5.41, 5.74) is 3.19. The third-order valence-electron chi connectivity index (χ3n) is 5.02. The van der Waals surface area contributed by atoms with Crippen LogP contribution in [0.25, 0.3) is 10.8 Å². The van der Waals surface area contributed by atoms with Gasteiger partial charge in [0.15, 0.2) is 10.8 Å². The largest absolute Gasteiger partial charge is 0.328 e. The van der Waals surface area contributed by atoms with Crippen LogP contribution in [-0.2, 0) is 6.42 Å². The second-order valence-corrected chi connectivity index (χ2v) is 7.82. The number of nitrogens with zero attached hydrogens (tertiary/aromatic N) is 4. The van der Waals surface area contributed by atoms with E-state index in [1.54, 1.807) is 18.5 Å². The number of rotatable bonds is 4. The lowest BCUT2D eigenvalue weighted by Gasteiger charge is -2.36. The van der Waals surface area contributed by atoms with E-state index in [1.807, 2.05) is 11.8 Å². The molecule has 3 heterocycles. The van der Waals surface area contributed by atoms with Gasteiger partial charge in [0.25, 0.3) is 5.91 Å². The van der Waals surface area contributed by atoms with Crippen molar-refractivity contribution in [3.63, 3.8) is 0 Å². The summed E-state index contributed by atoms with van der Waals surface area (Å²) >= 11 is 1.37. The second kappa shape index (κ2) is 9.43. The summed E-state index contributed by atoms with van der Waals surface area (Å²) in [5, 5.41) is 4.10. The minimum atomic E-state index is 0. The van der Waals surface area contributed by atoms with Crippen LogP contribution in [0.3, 0.4) is 0 Å². The van der Waals surface area contributed by atoms with E-state index in [-0.39, 0.29) is 24.4 Å². The van der Waals surface area contributed by atoms with Gasteiger partial charge in [-0.05, 0) is 30.5 Å². The van der Waals surface area contributed by atoms with E-state index in [0.29, 0.717) is 22.3 Å². The third kappa shape index (κ3) is 4.47. The molecule has 8 heteroatoms. The highest BCUT2D eigenvalue weighted by atomic mass is 35.5. The molecule has 0 spiro atoms. The molecule has 4 rings (SSSR count). The van der Waals surface area contributed by atoms with Gasteiger partial charge >= 0.3 is 0 Å². The van der Waals surface area contributed by atoms with Gasteiger partial charge in [-0.2, -0.15) is 0 Å². The molecule has 1 atom stereocenters. The van der Waals surface area contributed by atoms with Crippen LogP contribution in [0, 0.1) is 6.92 Å². The Balaban J connectivity index is 0.00000240. The molecule has 6 nitrogen and oxygen atoms in total. The molecule has 152 valence electrons. The smallest absolute Gasteiger partial charge is 0.266 e. The summed E-state index contributed by atoms with van der Waals surface area (Å²) in [5.74, 6) is 0.588. The molecular formula is C21H24ClN5OS. The van der Waals surface area contributed by atoms with Crippen molar-refractivity contribution in [3.8, 4) is 10.8 Å². The Labute approximate surface area is 180 Å². The van der Waals surface area contributed by atoms with Crippen LogP contribution < -0.4 is 5.32 Å². The molecule has 29 heavy (non-hydrogen) atoms. The van der Waals surface area contributed by atoms with E-state index in [2.05, 4.69) is 51.5 Å². The van der Waals surface area contributed by atoms with Crippen molar-refractivity contribution in [2.24, 2.45) is 0 Å². The molecule has 0 radical (unpaired) electrons. The van der Waals surface area contributed by atoms with Gasteiger partial charge in [-0.3, -0.25) is 4.79 Å². The molecule has 1 aromatic carbocycles. The van der Waals surface area contributed by atoms with Gasteiger partial charge in [0.2, 0.25) is 0 Å². The summed E-state index contributed by atoms with van der Waals surface area (Å²) in [7, 11) is 0. The number of aryl methyl sites for hydroxylation is 2. The van der Waals surface area contributed by atoms with Gasteiger partial charge in [-0.15, -0.1) is 23.7 Å². The van der Waals surface area contributed by atoms with Gasteiger partial charge in [0, 0.05) is 32.0 Å². The lowest BCUT2D eigenvalue weighted by atomic mass is 10.0. The average Bonchev–Trinajstić information content (AvgIpc) is 3.15. The predicted octanol–water partition coefficient (Wildman–Crippen LogP) is 3.68. The van der Waals surface area contributed by atoms with E-state index < -0.39 is 0 Å². The number of hydrogen-bond acceptors (Lipinski definition) is 6. The Kier molecular flexibility index (Phi) is 6.95. The molecule has 0 aliphatic carbocycles. The van der Waals surface area contributed by atoms with Crippen LogP contribution >= 0.6 is 23.7 Å². The molecule has 2 aromatic heterocycles. The highest BCUT2D eigenvalue weighted by Gasteiger charge is 2.31. The first-order valence-corrected chi connectivity index (χ1v) is 10.3. The van der Waals surface area contributed by atoms with E-state index in [0.717, 1.165) is 30.8 Å². The Hall–Kier alpha value is -2.35. The number of hydrogen-bond donors (Lipinski definition) is 1. The van der Waals surface area contributed by atoms with Crippen LogP contribution in [0.4, 0.5) is 0 Å². The average molecular weight is 430 g/mol. The fraction of sp³-hybridized carbons (Fsp3) is 0.333. The SMILES string of the molecule is CCc1ccc(C2CNCCN2C(=O)c2sc(-c3ncccn3)nc2C)cc1.Cl. The normalized spacial score (nSPS) is 16.3. The number of piperazine rings is 1. The number of halogens is 1. The maximum absolute atomic E-state index is 13.4. The van der Waals surface area contributed by atoms with E-state index >= 15 is 0 Å². The number of thiazole rings is 1. The summed E-state index contributed by atoms with van der Waals surface area (Å²) in [6.45, 7) is 6.25. The zero-order valence-corrected chi connectivity index (χ0v) is 18.1. The van der Waals surface area contributed by atoms with Crippen molar-refractivity contribution in [2.75, 3.05) is 19.6 Å². The fourth-order valence-corrected chi connectivity index (χ4v) is 4.42. The van der Waals surface area contributed by atoms with Crippen LogP contribution in [0.2, 0.25) is 0 Å². The summed E-state index contributed by atoms with van der Waals surface area (Å²) in [6.07, 6.45) is 4.38. The zero-order chi connectivity index (χ0) is 19.5. The van der Waals surface area contributed by atoms with E-state index in [1.165, 1.54) is 16.9 Å². The first-order chi connectivity index (χ1) is 13.7. The maximum atomic E-state index is 13.4. The van der Waals surface area contributed by atoms with Gasteiger partial charge < -0.3 is 10.2 Å². The van der Waals surface area contributed by atoms with Crippen LogP contribution in [0.15, 0.2) is 42.7 Å². The van der Waals surface area contributed by atoms with Crippen LogP contribution in [0.5, 0.6) is 0 Å². The first kappa shape index (κ1) is 21.4.